The number of aliphatic carboxylic acids is 1. The first-order valence-corrected chi connectivity index (χ1v) is 6.73. The first-order valence-electron chi connectivity index (χ1n) is 5.94. The zero-order chi connectivity index (χ0) is 15.3. The zero-order valence-electron chi connectivity index (χ0n) is 11.1. The fourth-order valence-electron chi connectivity index (χ4n) is 1.78. The van der Waals surface area contributed by atoms with Crippen molar-refractivity contribution in [3.8, 4) is 5.75 Å². The molecule has 4 nitrogen and oxygen atoms in total. The normalized spacial score (nSPS) is 12.8. The van der Waals surface area contributed by atoms with E-state index in [2.05, 4.69) is 20.7 Å². The minimum Gasteiger partial charge on any atom is -0.481 e. The fourth-order valence-corrected chi connectivity index (χ4v) is 2.19. The van der Waals surface area contributed by atoms with Gasteiger partial charge in [-0.05, 0) is 25.2 Å². The Morgan fingerprint density at radius 2 is 2.15 bits per heavy atom. The van der Waals surface area contributed by atoms with Gasteiger partial charge in [-0.1, -0.05) is 22.9 Å². The number of carboxylic acids is 1. The van der Waals surface area contributed by atoms with Crippen molar-refractivity contribution in [2.24, 2.45) is 5.92 Å². The SMILES string of the molecule is CC(CN(C)Cc1cc(Br)ccc1OC(F)F)C(=O)O. The molecule has 0 saturated carbocycles. The Morgan fingerprint density at radius 3 is 2.70 bits per heavy atom. The van der Waals surface area contributed by atoms with Gasteiger partial charge in [0.25, 0.3) is 0 Å². The summed E-state index contributed by atoms with van der Waals surface area (Å²) in [7, 11) is 1.73. The van der Waals surface area contributed by atoms with Gasteiger partial charge in [0.1, 0.15) is 5.75 Å². The molecular weight excluding hydrogens is 336 g/mol. The van der Waals surface area contributed by atoms with Crippen LogP contribution < -0.4 is 4.74 Å². The molecule has 0 aliphatic rings. The summed E-state index contributed by atoms with van der Waals surface area (Å²) in [6.45, 7) is -0.663. The lowest BCUT2D eigenvalue weighted by Gasteiger charge is -2.20. The molecule has 112 valence electrons. The lowest BCUT2D eigenvalue weighted by Crippen LogP contribution is -2.28. The summed E-state index contributed by atoms with van der Waals surface area (Å²) in [6, 6.07) is 4.75. The maximum Gasteiger partial charge on any atom is 0.387 e. The van der Waals surface area contributed by atoms with Gasteiger partial charge < -0.3 is 14.7 Å². The summed E-state index contributed by atoms with van der Waals surface area (Å²) >= 11 is 3.27. The third-order valence-corrected chi connectivity index (χ3v) is 3.18. The van der Waals surface area contributed by atoms with Gasteiger partial charge in [0.2, 0.25) is 0 Å². The number of hydrogen-bond donors (Lipinski definition) is 1. The van der Waals surface area contributed by atoms with Gasteiger partial charge in [-0.3, -0.25) is 4.79 Å². The van der Waals surface area contributed by atoms with Crippen LogP contribution in [0.5, 0.6) is 5.75 Å². The van der Waals surface area contributed by atoms with Crippen LogP contribution in [0, 0.1) is 5.92 Å². The van der Waals surface area contributed by atoms with Crippen LogP contribution in [0.1, 0.15) is 12.5 Å². The van der Waals surface area contributed by atoms with Crippen molar-refractivity contribution in [2.75, 3.05) is 13.6 Å². The fraction of sp³-hybridized carbons (Fsp3) is 0.462. The molecule has 0 amide bonds. The van der Waals surface area contributed by atoms with E-state index in [0.717, 1.165) is 4.47 Å². The average molecular weight is 352 g/mol. The smallest absolute Gasteiger partial charge is 0.387 e. The summed E-state index contributed by atoms with van der Waals surface area (Å²) in [5.41, 5.74) is 0.569. The number of nitrogens with zero attached hydrogens (tertiary/aromatic N) is 1. The van der Waals surface area contributed by atoms with Gasteiger partial charge in [-0.2, -0.15) is 8.78 Å². The highest BCUT2D eigenvalue weighted by atomic mass is 79.9. The average Bonchev–Trinajstić information content (AvgIpc) is 2.31. The first kappa shape index (κ1) is 16.8. The first-order chi connectivity index (χ1) is 9.29. The molecule has 0 saturated heterocycles. The van der Waals surface area contributed by atoms with E-state index in [1.165, 1.54) is 6.07 Å². The Morgan fingerprint density at radius 1 is 1.50 bits per heavy atom. The van der Waals surface area contributed by atoms with Crippen LogP contribution in [0.4, 0.5) is 8.78 Å². The number of ether oxygens (including phenoxy) is 1. The number of alkyl halides is 2. The van der Waals surface area contributed by atoms with Crippen LogP contribution in [0.15, 0.2) is 22.7 Å². The van der Waals surface area contributed by atoms with Crippen molar-refractivity contribution in [1.82, 2.24) is 4.90 Å². The van der Waals surface area contributed by atoms with Crippen LogP contribution >= 0.6 is 15.9 Å². The number of benzene rings is 1. The number of carbonyl (C=O) groups is 1. The molecular formula is C13H16BrF2NO3. The van der Waals surface area contributed by atoms with E-state index in [1.807, 2.05) is 0 Å². The second-order valence-electron chi connectivity index (χ2n) is 4.57. The molecule has 1 aromatic carbocycles. The molecule has 7 heteroatoms. The van der Waals surface area contributed by atoms with E-state index in [9.17, 15) is 13.6 Å². The molecule has 0 radical (unpaired) electrons. The molecule has 0 heterocycles. The van der Waals surface area contributed by atoms with Gasteiger partial charge in [-0.25, -0.2) is 0 Å². The topological polar surface area (TPSA) is 49.8 Å². The van der Waals surface area contributed by atoms with Crippen LogP contribution in [0.2, 0.25) is 0 Å². The van der Waals surface area contributed by atoms with E-state index in [0.29, 0.717) is 18.7 Å². The highest BCUT2D eigenvalue weighted by Crippen LogP contribution is 2.26. The number of carboxylic acid groups (broad SMARTS) is 1. The van der Waals surface area contributed by atoms with E-state index in [-0.39, 0.29) is 5.75 Å². The molecule has 1 rings (SSSR count). The second kappa shape index (κ2) is 7.54. The molecule has 0 spiro atoms. The van der Waals surface area contributed by atoms with Crippen molar-refractivity contribution in [1.29, 1.82) is 0 Å². The van der Waals surface area contributed by atoms with Gasteiger partial charge in [0.15, 0.2) is 0 Å². The Kier molecular flexibility index (Phi) is 6.35. The van der Waals surface area contributed by atoms with Crippen molar-refractivity contribution < 1.29 is 23.4 Å². The Balaban J connectivity index is 2.79. The lowest BCUT2D eigenvalue weighted by molar-refractivity contribution is -0.141. The van der Waals surface area contributed by atoms with E-state index in [4.69, 9.17) is 5.11 Å². The highest BCUT2D eigenvalue weighted by Gasteiger charge is 2.16. The molecule has 1 unspecified atom stereocenters. The largest absolute Gasteiger partial charge is 0.481 e. The number of hydrogen-bond acceptors (Lipinski definition) is 3. The maximum absolute atomic E-state index is 12.3. The van der Waals surface area contributed by atoms with Crippen molar-refractivity contribution in [2.45, 2.75) is 20.1 Å². The second-order valence-corrected chi connectivity index (χ2v) is 5.48. The van der Waals surface area contributed by atoms with Crippen molar-refractivity contribution >= 4 is 21.9 Å². The van der Waals surface area contributed by atoms with E-state index >= 15 is 0 Å². The van der Waals surface area contributed by atoms with E-state index < -0.39 is 18.5 Å². The van der Waals surface area contributed by atoms with Crippen LogP contribution in [-0.4, -0.2) is 36.2 Å². The minimum atomic E-state index is -2.89. The van der Waals surface area contributed by atoms with Gasteiger partial charge in [0.05, 0.1) is 5.92 Å². The quantitative estimate of drug-likeness (QED) is 0.819. The predicted octanol–water partition coefficient (Wildman–Crippen LogP) is 3.20. The molecule has 0 aromatic heterocycles. The number of rotatable bonds is 7. The molecule has 1 aromatic rings. The molecule has 0 fully saturated rings. The molecule has 1 N–H and O–H groups in total. The Labute approximate surface area is 124 Å². The summed E-state index contributed by atoms with van der Waals surface area (Å²) in [4.78, 5) is 12.5. The van der Waals surface area contributed by atoms with Gasteiger partial charge in [-0.15, -0.1) is 0 Å². The van der Waals surface area contributed by atoms with Crippen LogP contribution in [0.25, 0.3) is 0 Å². The predicted molar refractivity (Wildman–Crippen MR) is 73.9 cm³/mol. The summed E-state index contributed by atoms with van der Waals surface area (Å²) in [5.74, 6) is -1.33. The molecule has 20 heavy (non-hydrogen) atoms. The summed E-state index contributed by atoms with van der Waals surface area (Å²) in [5, 5.41) is 8.86. The van der Waals surface area contributed by atoms with Crippen LogP contribution in [-0.2, 0) is 11.3 Å². The van der Waals surface area contributed by atoms with Gasteiger partial charge >= 0.3 is 12.6 Å². The zero-order valence-corrected chi connectivity index (χ0v) is 12.7. The monoisotopic (exact) mass is 351 g/mol. The van der Waals surface area contributed by atoms with Crippen LogP contribution in [0.3, 0.4) is 0 Å². The number of halogens is 3. The van der Waals surface area contributed by atoms with Crippen molar-refractivity contribution in [3.05, 3.63) is 28.2 Å². The van der Waals surface area contributed by atoms with Crippen molar-refractivity contribution in [3.63, 3.8) is 0 Å². The minimum absolute atomic E-state index is 0.0954. The molecule has 0 aliphatic carbocycles. The maximum atomic E-state index is 12.3. The third kappa shape index (κ3) is 5.42. The molecule has 0 aliphatic heterocycles. The van der Waals surface area contributed by atoms with E-state index in [1.54, 1.807) is 31.0 Å². The molecule has 1 atom stereocenters. The highest BCUT2D eigenvalue weighted by molar-refractivity contribution is 9.10. The summed E-state index contributed by atoms with van der Waals surface area (Å²) < 4.78 is 29.9. The Bertz CT molecular complexity index is 471. The Hall–Kier alpha value is -1.21. The molecule has 0 bridgehead atoms. The van der Waals surface area contributed by atoms with Gasteiger partial charge in [0, 0.05) is 23.1 Å². The standard InChI is InChI=1S/C13H16BrF2NO3/c1-8(12(18)19)6-17(2)7-9-5-10(14)3-4-11(9)20-13(15)16/h3-5,8,13H,6-7H2,1-2H3,(H,18,19). The third-order valence-electron chi connectivity index (χ3n) is 2.69. The summed E-state index contributed by atoms with van der Waals surface area (Å²) in [6.07, 6.45) is 0. The lowest BCUT2D eigenvalue weighted by atomic mass is 10.1.